The summed E-state index contributed by atoms with van der Waals surface area (Å²) in [4.78, 5) is 12.6. The van der Waals surface area contributed by atoms with E-state index in [1.165, 1.54) is 0 Å². The maximum atomic E-state index is 5.46. The number of anilines is 1. The third-order valence-electron chi connectivity index (χ3n) is 1.50. The molecule has 0 radical (unpaired) electrons. The molecule has 0 aliphatic carbocycles. The van der Waals surface area contributed by atoms with Crippen LogP contribution in [0.5, 0.6) is 6.01 Å². The fourth-order valence-electron chi connectivity index (χ4n) is 0.977. The van der Waals surface area contributed by atoms with Crippen molar-refractivity contribution in [1.29, 1.82) is 0 Å². The van der Waals surface area contributed by atoms with Crippen molar-refractivity contribution in [3.05, 3.63) is 0 Å². The molecule has 1 rings (SSSR count). The quantitative estimate of drug-likeness (QED) is 0.799. The maximum Gasteiger partial charge on any atom is 0.322 e. The van der Waals surface area contributed by atoms with Crippen molar-refractivity contribution in [2.24, 2.45) is 0 Å². The Bertz CT molecular complexity index is 315. The molecule has 5 nitrogen and oxygen atoms in total. The van der Waals surface area contributed by atoms with Gasteiger partial charge in [0.2, 0.25) is 5.95 Å². The molecular weight excluding hydrogens is 224 g/mol. The van der Waals surface area contributed by atoms with Crippen LogP contribution in [0.25, 0.3) is 0 Å². The first kappa shape index (κ1) is 13.0. The van der Waals surface area contributed by atoms with Gasteiger partial charge in [-0.05, 0) is 13.8 Å². The van der Waals surface area contributed by atoms with E-state index in [-0.39, 0.29) is 6.10 Å². The fourth-order valence-corrected chi connectivity index (χ4v) is 1.67. The molecule has 1 aromatic heterocycles. The minimum absolute atomic E-state index is 0.0593. The van der Waals surface area contributed by atoms with Crippen LogP contribution in [0.15, 0.2) is 5.16 Å². The summed E-state index contributed by atoms with van der Waals surface area (Å²) < 4.78 is 5.46. The number of rotatable bonds is 5. The molecule has 0 fully saturated rings. The minimum atomic E-state index is 0.0593. The summed E-state index contributed by atoms with van der Waals surface area (Å²) in [6.45, 7) is 8.07. The molecule has 1 heterocycles. The first-order valence-electron chi connectivity index (χ1n) is 5.28. The van der Waals surface area contributed by atoms with Crippen LogP contribution in [-0.2, 0) is 0 Å². The van der Waals surface area contributed by atoms with Crippen LogP contribution in [0.2, 0.25) is 0 Å². The minimum Gasteiger partial charge on any atom is -0.461 e. The van der Waals surface area contributed by atoms with E-state index in [4.69, 9.17) is 4.74 Å². The molecule has 0 unspecified atom stereocenters. The molecule has 6 heteroatoms. The second-order valence-corrected chi connectivity index (χ2v) is 5.35. The Hall–Kier alpha value is -1.04. The first-order valence-corrected chi connectivity index (χ1v) is 6.16. The van der Waals surface area contributed by atoms with E-state index in [0.717, 1.165) is 0 Å². The van der Waals surface area contributed by atoms with Gasteiger partial charge in [0, 0.05) is 12.3 Å². The zero-order valence-corrected chi connectivity index (χ0v) is 11.1. The summed E-state index contributed by atoms with van der Waals surface area (Å²) >= 11 is 1.59. The van der Waals surface area contributed by atoms with Crippen LogP contribution < -0.4 is 10.1 Å². The fraction of sp³-hybridized carbons (Fsp3) is 0.700. The Morgan fingerprint density at radius 3 is 2.31 bits per heavy atom. The molecule has 1 aromatic rings. The highest BCUT2D eigenvalue weighted by Gasteiger charge is 2.09. The molecule has 0 saturated heterocycles. The van der Waals surface area contributed by atoms with E-state index in [1.54, 1.807) is 18.8 Å². The lowest BCUT2D eigenvalue weighted by Gasteiger charge is -2.10. The molecule has 0 saturated carbocycles. The van der Waals surface area contributed by atoms with Crippen LogP contribution >= 0.6 is 11.8 Å². The summed E-state index contributed by atoms with van der Waals surface area (Å²) in [5.74, 6) is 0.536. The third-order valence-corrected chi connectivity index (χ3v) is 2.37. The van der Waals surface area contributed by atoms with Gasteiger partial charge in [0.1, 0.15) is 0 Å². The van der Waals surface area contributed by atoms with Crippen molar-refractivity contribution in [3.63, 3.8) is 0 Å². The van der Waals surface area contributed by atoms with Gasteiger partial charge in [-0.15, -0.1) is 0 Å². The third kappa shape index (κ3) is 4.22. The standard InChI is InChI=1S/C10H18N4OS/c1-6(2)15-9-12-8(11-5)13-10(14-9)16-7(3)4/h6-7H,1-5H3,(H,11,12,13,14). The van der Waals surface area contributed by atoms with Crippen LogP contribution in [0.4, 0.5) is 5.95 Å². The van der Waals surface area contributed by atoms with Gasteiger partial charge in [0.25, 0.3) is 0 Å². The molecular formula is C10H18N4OS. The maximum absolute atomic E-state index is 5.46. The van der Waals surface area contributed by atoms with E-state index in [9.17, 15) is 0 Å². The van der Waals surface area contributed by atoms with Crippen molar-refractivity contribution in [2.45, 2.75) is 44.2 Å². The van der Waals surface area contributed by atoms with E-state index < -0.39 is 0 Å². The summed E-state index contributed by atoms with van der Waals surface area (Å²) in [6.07, 6.45) is 0.0593. The van der Waals surface area contributed by atoms with Crippen molar-refractivity contribution in [3.8, 4) is 6.01 Å². The normalized spacial score (nSPS) is 10.9. The monoisotopic (exact) mass is 242 g/mol. The molecule has 0 spiro atoms. The number of nitrogens with zero attached hydrogens (tertiary/aromatic N) is 3. The smallest absolute Gasteiger partial charge is 0.322 e. The Kier molecular flexibility index (Phi) is 4.79. The number of hydrogen-bond acceptors (Lipinski definition) is 6. The second kappa shape index (κ2) is 5.89. The van der Waals surface area contributed by atoms with E-state index >= 15 is 0 Å². The lowest BCUT2D eigenvalue weighted by atomic mass is 10.5. The van der Waals surface area contributed by atoms with Crippen LogP contribution in [-0.4, -0.2) is 33.4 Å². The van der Waals surface area contributed by atoms with Crippen LogP contribution in [0.1, 0.15) is 27.7 Å². The highest BCUT2D eigenvalue weighted by Crippen LogP contribution is 2.21. The topological polar surface area (TPSA) is 59.9 Å². The predicted molar refractivity (Wildman–Crippen MR) is 66.1 cm³/mol. The van der Waals surface area contributed by atoms with Crippen molar-refractivity contribution in [1.82, 2.24) is 15.0 Å². The molecule has 90 valence electrons. The predicted octanol–water partition coefficient (Wildman–Crippen LogP) is 2.20. The number of nitrogens with one attached hydrogen (secondary N) is 1. The highest BCUT2D eigenvalue weighted by atomic mass is 32.2. The SMILES string of the molecule is CNc1nc(OC(C)C)nc(SC(C)C)n1. The number of ether oxygens (including phenoxy) is 1. The lowest BCUT2D eigenvalue weighted by Crippen LogP contribution is -2.11. The molecule has 0 aromatic carbocycles. The van der Waals surface area contributed by atoms with Crippen LogP contribution in [0.3, 0.4) is 0 Å². The summed E-state index contributed by atoms with van der Waals surface area (Å²) in [5, 5.41) is 4.01. The van der Waals surface area contributed by atoms with E-state index in [2.05, 4.69) is 34.1 Å². The average Bonchev–Trinajstić information content (AvgIpc) is 2.14. The Balaban J connectivity index is 2.91. The summed E-state index contributed by atoms with van der Waals surface area (Å²) in [7, 11) is 1.78. The zero-order valence-electron chi connectivity index (χ0n) is 10.3. The van der Waals surface area contributed by atoms with Crippen molar-refractivity contribution in [2.75, 3.05) is 12.4 Å². The van der Waals surface area contributed by atoms with Crippen molar-refractivity contribution < 1.29 is 4.74 Å². The highest BCUT2D eigenvalue weighted by molar-refractivity contribution is 7.99. The molecule has 0 aliphatic rings. The molecule has 0 atom stereocenters. The second-order valence-electron chi connectivity index (χ2n) is 3.81. The molecule has 1 N–H and O–H groups in total. The summed E-state index contributed by atoms with van der Waals surface area (Å²) in [6, 6.07) is 0.373. The lowest BCUT2D eigenvalue weighted by molar-refractivity contribution is 0.219. The van der Waals surface area contributed by atoms with Crippen LogP contribution in [0, 0.1) is 0 Å². The first-order chi connectivity index (χ1) is 7.51. The van der Waals surface area contributed by atoms with Gasteiger partial charge in [-0.25, -0.2) is 0 Å². The number of thioether (sulfide) groups is 1. The van der Waals surface area contributed by atoms with E-state index in [1.807, 2.05) is 13.8 Å². The van der Waals surface area contributed by atoms with Gasteiger partial charge < -0.3 is 10.1 Å². The van der Waals surface area contributed by atoms with Gasteiger partial charge in [0.05, 0.1) is 6.10 Å². The zero-order chi connectivity index (χ0) is 12.1. The molecule has 0 bridgehead atoms. The molecule has 0 aliphatic heterocycles. The van der Waals surface area contributed by atoms with Gasteiger partial charge in [-0.2, -0.15) is 15.0 Å². The van der Waals surface area contributed by atoms with Gasteiger partial charge >= 0.3 is 6.01 Å². The number of aromatic nitrogens is 3. The molecule has 16 heavy (non-hydrogen) atoms. The van der Waals surface area contributed by atoms with Gasteiger partial charge in [0.15, 0.2) is 5.16 Å². The number of hydrogen-bond donors (Lipinski definition) is 1. The Morgan fingerprint density at radius 2 is 1.81 bits per heavy atom. The molecule has 0 amide bonds. The Morgan fingerprint density at radius 1 is 1.12 bits per heavy atom. The Labute approximate surface area is 100 Å². The van der Waals surface area contributed by atoms with E-state index in [0.29, 0.717) is 22.4 Å². The van der Waals surface area contributed by atoms with Crippen molar-refractivity contribution >= 4 is 17.7 Å². The average molecular weight is 242 g/mol. The van der Waals surface area contributed by atoms with Gasteiger partial charge in [-0.3, -0.25) is 0 Å². The largest absolute Gasteiger partial charge is 0.461 e. The van der Waals surface area contributed by atoms with Gasteiger partial charge in [-0.1, -0.05) is 25.6 Å². The summed E-state index contributed by atoms with van der Waals surface area (Å²) in [5.41, 5.74) is 0.